The van der Waals surface area contributed by atoms with E-state index in [4.69, 9.17) is 5.26 Å². The molecule has 1 aromatic heterocycles. The quantitative estimate of drug-likeness (QED) is 0.875. The van der Waals surface area contributed by atoms with Crippen LogP contribution in [0.4, 0.5) is 11.5 Å². The van der Waals surface area contributed by atoms with E-state index in [1.807, 2.05) is 29.1 Å². The Kier molecular flexibility index (Phi) is 3.10. The van der Waals surface area contributed by atoms with Crippen molar-refractivity contribution < 1.29 is 0 Å². The summed E-state index contributed by atoms with van der Waals surface area (Å²) in [5, 5.41) is 16.3. The average Bonchev–Trinajstić information content (AvgIpc) is 2.79. The molecule has 86 valence electrons. The number of nitrogens with zero attached hydrogens (tertiary/aromatic N) is 3. The SMILES string of the molecule is CC(C)n1ccc(Nc2ccc(C#N)cc2)n1. The van der Waals surface area contributed by atoms with E-state index in [0.717, 1.165) is 11.5 Å². The van der Waals surface area contributed by atoms with Crippen molar-refractivity contribution in [1.29, 1.82) is 5.26 Å². The number of aromatic nitrogens is 2. The predicted molar refractivity (Wildman–Crippen MR) is 67.1 cm³/mol. The second kappa shape index (κ2) is 4.71. The summed E-state index contributed by atoms with van der Waals surface area (Å²) < 4.78 is 1.89. The van der Waals surface area contributed by atoms with Gasteiger partial charge in [0.05, 0.1) is 11.6 Å². The fraction of sp³-hybridized carbons (Fsp3) is 0.231. The van der Waals surface area contributed by atoms with Crippen molar-refractivity contribution >= 4 is 11.5 Å². The summed E-state index contributed by atoms with van der Waals surface area (Å²) in [6.45, 7) is 4.16. The van der Waals surface area contributed by atoms with Crippen LogP contribution in [0.3, 0.4) is 0 Å². The first-order valence-corrected chi connectivity index (χ1v) is 5.51. The number of rotatable bonds is 3. The van der Waals surface area contributed by atoms with Gasteiger partial charge in [-0.1, -0.05) is 0 Å². The van der Waals surface area contributed by atoms with E-state index >= 15 is 0 Å². The maximum Gasteiger partial charge on any atom is 0.152 e. The third-order valence-corrected chi connectivity index (χ3v) is 2.42. The molecule has 1 aromatic carbocycles. The molecule has 0 atom stereocenters. The van der Waals surface area contributed by atoms with Crippen LogP contribution in [0.1, 0.15) is 25.5 Å². The van der Waals surface area contributed by atoms with Crippen molar-refractivity contribution in [3.8, 4) is 6.07 Å². The first-order valence-electron chi connectivity index (χ1n) is 5.51. The standard InChI is InChI=1S/C13H14N4/c1-10(2)17-8-7-13(16-17)15-12-5-3-11(9-14)4-6-12/h3-8,10H,1-2H3,(H,15,16). The highest BCUT2D eigenvalue weighted by Crippen LogP contribution is 2.16. The Labute approximate surface area is 100 Å². The third-order valence-electron chi connectivity index (χ3n) is 2.42. The van der Waals surface area contributed by atoms with Gasteiger partial charge in [-0.05, 0) is 38.1 Å². The highest BCUT2D eigenvalue weighted by molar-refractivity contribution is 5.56. The van der Waals surface area contributed by atoms with E-state index in [0.29, 0.717) is 11.6 Å². The van der Waals surface area contributed by atoms with Gasteiger partial charge in [-0.3, -0.25) is 4.68 Å². The van der Waals surface area contributed by atoms with Crippen LogP contribution in [0.25, 0.3) is 0 Å². The van der Waals surface area contributed by atoms with E-state index in [1.54, 1.807) is 12.1 Å². The largest absolute Gasteiger partial charge is 0.339 e. The van der Waals surface area contributed by atoms with Crippen molar-refractivity contribution in [1.82, 2.24) is 9.78 Å². The summed E-state index contributed by atoms with van der Waals surface area (Å²) >= 11 is 0. The zero-order chi connectivity index (χ0) is 12.3. The molecule has 0 aliphatic carbocycles. The number of anilines is 2. The molecule has 0 saturated carbocycles. The van der Waals surface area contributed by atoms with Crippen LogP contribution in [0.15, 0.2) is 36.5 Å². The molecular formula is C13H14N4. The smallest absolute Gasteiger partial charge is 0.152 e. The van der Waals surface area contributed by atoms with Gasteiger partial charge in [-0.2, -0.15) is 10.4 Å². The maximum absolute atomic E-state index is 8.70. The van der Waals surface area contributed by atoms with Crippen LogP contribution >= 0.6 is 0 Å². The molecule has 0 radical (unpaired) electrons. The Morgan fingerprint density at radius 1 is 1.24 bits per heavy atom. The fourth-order valence-electron chi connectivity index (χ4n) is 1.47. The van der Waals surface area contributed by atoms with Crippen LogP contribution in [0.5, 0.6) is 0 Å². The summed E-state index contributed by atoms with van der Waals surface area (Å²) in [6, 6.07) is 11.7. The molecule has 0 spiro atoms. The van der Waals surface area contributed by atoms with Gasteiger partial charge in [0.25, 0.3) is 0 Å². The van der Waals surface area contributed by atoms with Gasteiger partial charge in [-0.25, -0.2) is 0 Å². The van der Waals surface area contributed by atoms with Gasteiger partial charge in [0.2, 0.25) is 0 Å². The number of benzene rings is 1. The molecule has 0 aliphatic rings. The third kappa shape index (κ3) is 2.64. The first-order chi connectivity index (χ1) is 8.19. The minimum Gasteiger partial charge on any atom is -0.339 e. The molecule has 4 nitrogen and oxygen atoms in total. The Hall–Kier alpha value is -2.28. The molecule has 0 amide bonds. The van der Waals surface area contributed by atoms with Gasteiger partial charge >= 0.3 is 0 Å². The molecule has 1 heterocycles. The highest BCUT2D eigenvalue weighted by atomic mass is 15.3. The molecule has 0 unspecified atom stereocenters. The molecule has 0 fully saturated rings. The lowest BCUT2D eigenvalue weighted by Crippen LogP contribution is -2.01. The van der Waals surface area contributed by atoms with E-state index in [-0.39, 0.29) is 0 Å². The molecule has 0 bridgehead atoms. The molecule has 4 heteroatoms. The van der Waals surface area contributed by atoms with Crippen molar-refractivity contribution in [3.05, 3.63) is 42.1 Å². The van der Waals surface area contributed by atoms with Crippen LogP contribution in [0, 0.1) is 11.3 Å². The highest BCUT2D eigenvalue weighted by Gasteiger charge is 2.02. The molecule has 0 aliphatic heterocycles. The Balaban J connectivity index is 2.11. The number of hydrogen-bond donors (Lipinski definition) is 1. The lowest BCUT2D eigenvalue weighted by Gasteiger charge is -2.05. The maximum atomic E-state index is 8.70. The van der Waals surface area contributed by atoms with E-state index < -0.39 is 0 Å². The number of hydrogen-bond acceptors (Lipinski definition) is 3. The number of nitriles is 1. The van der Waals surface area contributed by atoms with E-state index in [1.165, 1.54) is 0 Å². The Morgan fingerprint density at radius 3 is 2.47 bits per heavy atom. The summed E-state index contributed by atoms with van der Waals surface area (Å²) in [5.74, 6) is 0.809. The summed E-state index contributed by atoms with van der Waals surface area (Å²) in [4.78, 5) is 0. The predicted octanol–water partition coefficient (Wildman–Crippen LogP) is 3.08. The van der Waals surface area contributed by atoms with Gasteiger partial charge < -0.3 is 5.32 Å². The molecular weight excluding hydrogens is 212 g/mol. The van der Waals surface area contributed by atoms with Crippen LogP contribution in [-0.4, -0.2) is 9.78 Å². The zero-order valence-corrected chi connectivity index (χ0v) is 9.88. The summed E-state index contributed by atoms with van der Waals surface area (Å²) in [7, 11) is 0. The summed E-state index contributed by atoms with van der Waals surface area (Å²) in [6.07, 6.45) is 1.94. The van der Waals surface area contributed by atoms with Gasteiger partial charge in [-0.15, -0.1) is 0 Å². The normalized spacial score (nSPS) is 10.2. The fourth-order valence-corrected chi connectivity index (χ4v) is 1.47. The van der Waals surface area contributed by atoms with Crippen LogP contribution in [-0.2, 0) is 0 Å². The lowest BCUT2D eigenvalue weighted by atomic mass is 10.2. The molecule has 2 aromatic rings. The Morgan fingerprint density at radius 2 is 1.94 bits per heavy atom. The molecule has 2 rings (SSSR count). The molecule has 0 saturated heterocycles. The monoisotopic (exact) mass is 226 g/mol. The minimum atomic E-state index is 0.353. The number of nitrogens with one attached hydrogen (secondary N) is 1. The van der Waals surface area contributed by atoms with Crippen LogP contribution in [0.2, 0.25) is 0 Å². The first kappa shape index (κ1) is 11.2. The van der Waals surface area contributed by atoms with Crippen molar-refractivity contribution in [2.45, 2.75) is 19.9 Å². The minimum absolute atomic E-state index is 0.353. The summed E-state index contributed by atoms with van der Waals surface area (Å²) in [5.41, 5.74) is 1.58. The lowest BCUT2D eigenvalue weighted by molar-refractivity contribution is 0.534. The van der Waals surface area contributed by atoms with Crippen molar-refractivity contribution in [3.63, 3.8) is 0 Å². The Bertz CT molecular complexity index is 531. The second-order valence-electron chi connectivity index (χ2n) is 4.09. The average molecular weight is 226 g/mol. The van der Waals surface area contributed by atoms with Crippen LogP contribution < -0.4 is 5.32 Å². The van der Waals surface area contributed by atoms with E-state index in [9.17, 15) is 0 Å². The van der Waals surface area contributed by atoms with Gasteiger partial charge in [0, 0.05) is 24.0 Å². The molecule has 1 N–H and O–H groups in total. The van der Waals surface area contributed by atoms with Crippen molar-refractivity contribution in [2.75, 3.05) is 5.32 Å². The van der Waals surface area contributed by atoms with Gasteiger partial charge in [0.15, 0.2) is 5.82 Å². The van der Waals surface area contributed by atoms with Crippen molar-refractivity contribution in [2.24, 2.45) is 0 Å². The second-order valence-corrected chi connectivity index (χ2v) is 4.09. The van der Waals surface area contributed by atoms with Gasteiger partial charge in [0.1, 0.15) is 0 Å². The van der Waals surface area contributed by atoms with E-state index in [2.05, 4.69) is 30.3 Å². The zero-order valence-electron chi connectivity index (χ0n) is 9.88. The topological polar surface area (TPSA) is 53.6 Å². The molecule has 17 heavy (non-hydrogen) atoms.